The van der Waals surface area contributed by atoms with Gasteiger partial charge in [0.1, 0.15) is 0 Å². The van der Waals surface area contributed by atoms with E-state index in [2.05, 4.69) is 15.9 Å². The summed E-state index contributed by atoms with van der Waals surface area (Å²) < 4.78 is 6.21. The van der Waals surface area contributed by atoms with Crippen molar-refractivity contribution in [2.24, 2.45) is 0 Å². The van der Waals surface area contributed by atoms with E-state index >= 15 is 0 Å². The number of nitrogens with zero attached hydrogens (tertiary/aromatic N) is 1. The van der Waals surface area contributed by atoms with Crippen molar-refractivity contribution < 1.29 is 4.42 Å². The highest BCUT2D eigenvalue weighted by atomic mass is 79.9. The predicted octanol–water partition coefficient (Wildman–Crippen LogP) is 3.01. The second-order valence-electron chi connectivity index (χ2n) is 4.24. The van der Waals surface area contributed by atoms with Crippen LogP contribution in [0, 0.1) is 0 Å². The minimum absolute atomic E-state index is 0.379. The zero-order chi connectivity index (χ0) is 15.2. The molecule has 1 heterocycles. The zero-order valence-corrected chi connectivity index (χ0v) is 13.0. The predicted molar refractivity (Wildman–Crippen MR) is 87.1 cm³/mol. The maximum absolute atomic E-state index is 11.9. The van der Waals surface area contributed by atoms with Crippen LogP contribution in [-0.4, -0.2) is 10.4 Å². The van der Waals surface area contributed by atoms with Crippen molar-refractivity contribution in [3.63, 3.8) is 0 Å². The lowest BCUT2D eigenvalue weighted by molar-refractivity contribution is 0.425. The number of fused-ring (bicyclic) bond motifs is 1. The molecule has 0 aliphatic rings. The summed E-state index contributed by atoms with van der Waals surface area (Å²) in [6, 6.07) is 16.5. The van der Waals surface area contributed by atoms with E-state index in [1.165, 1.54) is 4.57 Å². The van der Waals surface area contributed by atoms with Crippen LogP contribution >= 0.6 is 15.9 Å². The Hall–Kier alpha value is -2.14. The third-order valence-corrected chi connectivity index (χ3v) is 3.00. The van der Waals surface area contributed by atoms with Crippen molar-refractivity contribution >= 4 is 26.8 Å². The SMILES string of the molecule is CBr.O=c1oc(=O)n(Cc2ccccc2)c2ccccc12. The summed E-state index contributed by atoms with van der Waals surface area (Å²) in [5.41, 5.74) is 0.973. The van der Waals surface area contributed by atoms with E-state index in [4.69, 9.17) is 4.42 Å². The molecule has 0 aliphatic heterocycles. The van der Waals surface area contributed by atoms with Crippen molar-refractivity contribution in [1.29, 1.82) is 0 Å². The first-order valence-electron chi connectivity index (χ1n) is 6.30. The molecule has 0 atom stereocenters. The highest BCUT2D eigenvalue weighted by Crippen LogP contribution is 2.09. The number of hydrogen-bond donors (Lipinski definition) is 0. The molecule has 0 aliphatic carbocycles. The van der Waals surface area contributed by atoms with Gasteiger partial charge in [-0.1, -0.05) is 58.4 Å². The van der Waals surface area contributed by atoms with Crippen LogP contribution in [0.2, 0.25) is 0 Å². The fourth-order valence-corrected chi connectivity index (χ4v) is 2.09. The molecule has 0 bridgehead atoms. The van der Waals surface area contributed by atoms with Gasteiger partial charge in [0.25, 0.3) is 0 Å². The van der Waals surface area contributed by atoms with Crippen LogP contribution in [0.5, 0.6) is 0 Å². The Balaban J connectivity index is 0.000000774. The topological polar surface area (TPSA) is 52.2 Å². The van der Waals surface area contributed by atoms with E-state index in [0.29, 0.717) is 17.4 Å². The molecule has 108 valence electrons. The molecule has 5 heteroatoms. The molecule has 0 fully saturated rings. The molecule has 0 N–H and O–H groups in total. The van der Waals surface area contributed by atoms with E-state index in [1.54, 1.807) is 24.3 Å². The Morgan fingerprint density at radius 3 is 2.29 bits per heavy atom. The number of benzene rings is 2. The summed E-state index contributed by atoms with van der Waals surface area (Å²) in [5, 5.41) is 0.415. The summed E-state index contributed by atoms with van der Waals surface area (Å²) in [5.74, 6) is 1.18. The number of aromatic nitrogens is 1. The quantitative estimate of drug-likeness (QED) is 0.669. The largest absolute Gasteiger partial charge is 0.422 e. The Bertz CT molecular complexity index is 837. The van der Waals surface area contributed by atoms with Crippen LogP contribution in [0.25, 0.3) is 10.9 Å². The number of rotatable bonds is 2. The van der Waals surface area contributed by atoms with Crippen molar-refractivity contribution in [1.82, 2.24) is 4.57 Å². The van der Waals surface area contributed by atoms with Crippen molar-refractivity contribution in [2.45, 2.75) is 6.54 Å². The molecule has 21 heavy (non-hydrogen) atoms. The maximum Gasteiger partial charge on any atom is 0.422 e. The van der Waals surface area contributed by atoms with Crippen LogP contribution < -0.4 is 11.4 Å². The average Bonchev–Trinajstić information content (AvgIpc) is 2.54. The molecule has 1 aromatic heterocycles. The first-order chi connectivity index (χ1) is 10.3. The fraction of sp³-hybridized carbons (Fsp3) is 0.125. The van der Waals surface area contributed by atoms with Gasteiger partial charge in [-0.3, -0.25) is 4.57 Å². The average molecular weight is 348 g/mol. The number of para-hydroxylation sites is 1. The number of halogens is 1. The Kier molecular flexibility index (Phi) is 5.11. The molecule has 0 spiro atoms. The van der Waals surface area contributed by atoms with Gasteiger partial charge in [0.2, 0.25) is 0 Å². The maximum atomic E-state index is 11.9. The minimum Gasteiger partial charge on any atom is -0.372 e. The summed E-state index contributed by atoms with van der Waals surface area (Å²) >= 11 is 2.94. The van der Waals surface area contributed by atoms with Crippen molar-refractivity contribution in [3.8, 4) is 0 Å². The van der Waals surface area contributed by atoms with E-state index in [-0.39, 0.29) is 0 Å². The summed E-state index contributed by atoms with van der Waals surface area (Å²) in [6.07, 6.45) is 0. The molecule has 0 saturated heterocycles. The van der Waals surface area contributed by atoms with Crippen LogP contribution in [-0.2, 0) is 6.54 Å². The Morgan fingerprint density at radius 1 is 0.952 bits per heavy atom. The monoisotopic (exact) mass is 347 g/mol. The third kappa shape index (κ3) is 3.31. The fourth-order valence-electron chi connectivity index (χ4n) is 2.09. The van der Waals surface area contributed by atoms with E-state index in [1.807, 2.05) is 36.2 Å². The second-order valence-corrected chi connectivity index (χ2v) is 4.24. The molecule has 2 aromatic carbocycles. The smallest absolute Gasteiger partial charge is 0.372 e. The number of alkyl halides is 1. The summed E-state index contributed by atoms with van der Waals surface area (Å²) in [4.78, 5) is 23.5. The third-order valence-electron chi connectivity index (χ3n) is 3.00. The van der Waals surface area contributed by atoms with Gasteiger partial charge in [-0.25, -0.2) is 9.59 Å². The second kappa shape index (κ2) is 7.04. The standard InChI is InChI=1S/C15H11NO3.CH3Br/c17-14-12-8-4-5-9-13(12)16(15(18)19-14)10-11-6-2-1-3-7-11;1-2/h1-9H,10H2;1H3. The van der Waals surface area contributed by atoms with E-state index < -0.39 is 11.4 Å². The van der Waals surface area contributed by atoms with Gasteiger partial charge in [-0.15, -0.1) is 0 Å². The van der Waals surface area contributed by atoms with Gasteiger partial charge >= 0.3 is 11.4 Å². The normalized spacial score (nSPS) is 10.0. The van der Waals surface area contributed by atoms with Gasteiger partial charge in [-0.2, -0.15) is 0 Å². The lowest BCUT2D eigenvalue weighted by atomic mass is 10.2. The van der Waals surface area contributed by atoms with Gasteiger partial charge < -0.3 is 4.42 Å². The molecular weight excluding hydrogens is 334 g/mol. The zero-order valence-electron chi connectivity index (χ0n) is 11.5. The van der Waals surface area contributed by atoms with Gasteiger partial charge in [-0.05, 0) is 23.5 Å². The van der Waals surface area contributed by atoms with Gasteiger partial charge in [0, 0.05) is 0 Å². The summed E-state index contributed by atoms with van der Waals surface area (Å²) in [7, 11) is 0. The van der Waals surface area contributed by atoms with E-state index in [0.717, 1.165) is 5.56 Å². The van der Waals surface area contributed by atoms with Crippen LogP contribution in [0.15, 0.2) is 68.6 Å². The molecule has 3 rings (SSSR count). The van der Waals surface area contributed by atoms with Crippen LogP contribution in [0.3, 0.4) is 0 Å². The number of hydrogen-bond acceptors (Lipinski definition) is 3. The first kappa shape index (κ1) is 15.3. The highest BCUT2D eigenvalue weighted by Gasteiger charge is 2.08. The van der Waals surface area contributed by atoms with Crippen molar-refractivity contribution in [3.05, 3.63) is 81.1 Å². The van der Waals surface area contributed by atoms with Crippen molar-refractivity contribution in [2.75, 3.05) is 5.83 Å². The minimum atomic E-state index is -0.632. The molecule has 3 aromatic rings. The molecule has 4 nitrogen and oxygen atoms in total. The Labute approximate surface area is 129 Å². The lowest BCUT2D eigenvalue weighted by Gasteiger charge is -2.08. The Morgan fingerprint density at radius 2 is 1.57 bits per heavy atom. The highest BCUT2D eigenvalue weighted by molar-refractivity contribution is 9.08. The molecular formula is C16H14BrNO3. The molecule has 0 saturated carbocycles. The van der Waals surface area contributed by atoms with Crippen LogP contribution in [0.1, 0.15) is 5.56 Å². The van der Waals surface area contributed by atoms with E-state index in [9.17, 15) is 9.59 Å². The lowest BCUT2D eigenvalue weighted by Crippen LogP contribution is -2.25. The first-order valence-corrected chi connectivity index (χ1v) is 7.89. The molecule has 0 amide bonds. The van der Waals surface area contributed by atoms with Gasteiger partial charge in [0.15, 0.2) is 0 Å². The van der Waals surface area contributed by atoms with Gasteiger partial charge in [0.05, 0.1) is 17.4 Å². The summed E-state index contributed by atoms with van der Waals surface area (Å²) in [6.45, 7) is 0.379. The van der Waals surface area contributed by atoms with Crippen LogP contribution in [0.4, 0.5) is 0 Å². The molecule has 0 radical (unpaired) electrons. The molecule has 0 unspecified atom stereocenters.